The first-order chi connectivity index (χ1) is 7.66. The van der Waals surface area contributed by atoms with Gasteiger partial charge in [-0.15, -0.1) is 12.4 Å². The average Bonchev–Trinajstić information content (AvgIpc) is 2.73. The standard InChI is InChI=1S/C12H15FN2O.ClH/c13-10-7-8(12(14)15)5-6-11(10)16-9-3-1-2-4-9;/h5-7,9H,1-4H2,(H3,14,15);1H. The molecule has 0 heterocycles. The molecule has 1 aromatic carbocycles. The number of rotatable bonds is 3. The summed E-state index contributed by atoms with van der Waals surface area (Å²) in [5.74, 6) is -0.317. The zero-order valence-corrected chi connectivity index (χ0v) is 10.2. The minimum Gasteiger partial charge on any atom is -0.487 e. The highest BCUT2D eigenvalue weighted by molar-refractivity contribution is 5.95. The first-order valence-corrected chi connectivity index (χ1v) is 5.47. The number of amidine groups is 1. The van der Waals surface area contributed by atoms with Crippen LogP contribution in [0.15, 0.2) is 18.2 Å². The molecule has 0 aromatic heterocycles. The third-order valence-corrected chi connectivity index (χ3v) is 2.84. The van der Waals surface area contributed by atoms with E-state index in [4.69, 9.17) is 15.9 Å². The van der Waals surface area contributed by atoms with Gasteiger partial charge in [0.15, 0.2) is 11.6 Å². The molecule has 5 heteroatoms. The van der Waals surface area contributed by atoms with Crippen molar-refractivity contribution in [1.82, 2.24) is 0 Å². The van der Waals surface area contributed by atoms with Crippen LogP contribution in [0.5, 0.6) is 5.75 Å². The lowest BCUT2D eigenvalue weighted by atomic mass is 10.2. The summed E-state index contributed by atoms with van der Waals surface area (Å²) >= 11 is 0. The molecule has 0 spiro atoms. The van der Waals surface area contributed by atoms with Crippen molar-refractivity contribution in [3.05, 3.63) is 29.6 Å². The fourth-order valence-corrected chi connectivity index (χ4v) is 1.95. The Morgan fingerprint density at radius 1 is 1.35 bits per heavy atom. The molecular formula is C12H16ClFN2O. The number of benzene rings is 1. The molecule has 0 saturated heterocycles. The Morgan fingerprint density at radius 3 is 2.53 bits per heavy atom. The summed E-state index contributed by atoms with van der Waals surface area (Å²) < 4.78 is 19.1. The van der Waals surface area contributed by atoms with E-state index in [1.165, 1.54) is 6.07 Å². The van der Waals surface area contributed by atoms with Gasteiger partial charge in [-0.2, -0.15) is 0 Å². The molecule has 0 atom stereocenters. The molecule has 1 aromatic rings. The predicted octanol–water partition coefficient (Wildman–Crippen LogP) is 2.85. The Morgan fingerprint density at radius 2 is 2.00 bits per heavy atom. The largest absolute Gasteiger partial charge is 0.487 e. The molecule has 0 bridgehead atoms. The number of ether oxygens (including phenoxy) is 1. The second-order valence-corrected chi connectivity index (χ2v) is 4.08. The van der Waals surface area contributed by atoms with Crippen molar-refractivity contribution in [3.63, 3.8) is 0 Å². The first kappa shape index (κ1) is 13.8. The SMILES string of the molecule is Cl.N=C(N)c1ccc(OC2CCCC2)c(F)c1. The Kier molecular flexibility index (Phi) is 4.75. The van der Waals surface area contributed by atoms with Gasteiger partial charge in [-0.05, 0) is 43.9 Å². The van der Waals surface area contributed by atoms with Gasteiger partial charge in [0.05, 0.1) is 6.10 Å². The molecule has 1 fully saturated rings. The molecule has 1 saturated carbocycles. The molecular weight excluding hydrogens is 243 g/mol. The molecule has 1 aliphatic rings. The predicted molar refractivity (Wildman–Crippen MR) is 67.5 cm³/mol. The van der Waals surface area contributed by atoms with Crippen molar-refractivity contribution in [3.8, 4) is 5.75 Å². The summed E-state index contributed by atoms with van der Waals surface area (Å²) in [5.41, 5.74) is 5.66. The molecule has 3 nitrogen and oxygen atoms in total. The number of nitrogen functional groups attached to an aromatic ring is 1. The van der Waals surface area contributed by atoms with Gasteiger partial charge in [0.1, 0.15) is 5.84 Å². The van der Waals surface area contributed by atoms with Gasteiger partial charge >= 0.3 is 0 Å². The second kappa shape index (κ2) is 5.87. The number of hydrogen-bond donors (Lipinski definition) is 2. The van der Waals surface area contributed by atoms with E-state index in [0.29, 0.717) is 5.56 Å². The van der Waals surface area contributed by atoms with Crippen LogP contribution in [0.3, 0.4) is 0 Å². The van der Waals surface area contributed by atoms with E-state index in [2.05, 4.69) is 0 Å². The first-order valence-electron chi connectivity index (χ1n) is 5.47. The zero-order valence-electron chi connectivity index (χ0n) is 9.41. The maximum absolute atomic E-state index is 13.6. The van der Waals surface area contributed by atoms with Gasteiger partial charge in [0.2, 0.25) is 0 Å². The summed E-state index contributed by atoms with van der Waals surface area (Å²) in [6.45, 7) is 0. The third-order valence-electron chi connectivity index (χ3n) is 2.84. The Balaban J connectivity index is 0.00000144. The maximum atomic E-state index is 13.6. The molecule has 0 aliphatic heterocycles. The van der Waals surface area contributed by atoms with Crippen LogP contribution in [0, 0.1) is 11.2 Å². The van der Waals surface area contributed by atoms with E-state index < -0.39 is 5.82 Å². The van der Waals surface area contributed by atoms with E-state index in [-0.39, 0.29) is 30.1 Å². The van der Waals surface area contributed by atoms with Crippen molar-refractivity contribution in [2.24, 2.45) is 5.73 Å². The lowest BCUT2D eigenvalue weighted by Crippen LogP contribution is -2.14. The molecule has 2 rings (SSSR count). The second-order valence-electron chi connectivity index (χ2n) is 4.08. The Labute approximate surface area is 106 Å². The van der Waals surface area contributed by atoms with Crippen molar-refractivity contribution >= 4 is 18.2 Å². The fourth-order valence-electron chi connectivity index (χ4n) is 1.95. The lowest BCUT2D eigenvalue weighted by molar-refractivity contribution is 0.200. The summed E-state index contributed by atoms with van der Waals surface area (Å²) in [4.78, 5) is 0. The zero-order chi connectivity index (χ0) is 11.5. The van der Waals surface area contributed by atoms with E-state index in [9.17, 15) is 4.39 Å². The van der Waals surface area contributed by atoms with Crippen LogP contribution in [0.25, 0.3) is 0 Å². The van der Waals surface area contributed by atoms with E-state index >= 15 is 0 Å². The van der Waals surface area contributed by atoms with Gasteiger partial charge < -0.3 is 10.5 Å². The molecule has 0 amide bonds. The van der Waals surface area contributed by atoms with Crippen LogP contribution in [0.4, 0.5) is 4.39 Å². The minimum absolute atomic E-state index is 0. The average molecular weight is 259 g/mol. The molecule has 94 valence electrons. The highest BCUT2D eigenvalue weighted by Gasteiger charge is 2.18. The van der Waals surface area contributed by atoms with Crippen molar-refractivity contribution in [1.29, 1.82) is 5.41 Å². The van der Waals surface area contributed by atoms with Crippen LogP contribution in [-0.2, 0) is 0 Å². The topological polar surface area (TPSA) is 59.1 Å². The monoisotopic (exact) mass is 258 g/mol. The van der Waals surface area contributed by atoms with Gasteiger partial charge in [0, 0.05) is 5.56 Å². The molecule has 0 unspecified atom stereocenters. The number of hydrogen-bond acceptors (Lipinski definition) is 2. The number of nitrogens with two attached hydrogens (primary N) is 1. The normalized spacial score (nSPS) is 15.4. The van der Waals surface area contributed by atoms with Crippen molar-refractivity contribution in [2.45, 2.75) is 31.8 Å². The number of halogens is 2. The minimum atomic E-state index is -0.445. The van der Waals surface area contributed by atoms with Crippen LogP contribution in [-0.4, -0.2) is 11.9 Å². The summed E-state index contributed by atoms with van der Waals surface area (Å²) in [5, 5.41) is 7.20. The van der Waals surface area contributed by atoms with Crippen molar-refractivity contribution < 1.29 is 9.13 Å². The van der Waals surface area contributed by atoms with E-state index in [1.54, 1.807) is 12.1 Å². The smallest absolute Gasteiger partial charge is 0.165 e. The maximum Gasteiger partial charge on any atom is 0.165 e. The molecule has 17 heavy (non-hydrogen) atoms. The van der Waals surface area contributed by atoms with Crippen molar-refractivity contribution in [2.75, 3.05) is 0 Å². The Hall–Kier alpha value is -1.29. The molecule has 3 N–H and O–H groups in total. The van der Waals surface area contributed by atoms with Crippen LogP contribution in [0.1, 0.15) is 31.2 Å². The van der Waals surface area contributed by atoms with Gasteiger partial charge in [-0.25, -0.2) is 4.39 Å². The quantitative estimate of drug-likeness (QED) is 0.647. The van der Waals surface area contributed by atoms with Crippen LogP contribution in [0.2, 0.25) is 0 Å². The Bertz CT molecular complexity index is 405. The van der Waals surface area contributed by atoms with Gasteiger partial charge in [0.25, 0.3) is 0 Å². The lowest BCUT2D eigenvalue weighted by Gasteiger charge is -2.13. The van der Waals surface area contributed by atoms with E-state index in [1.807, 2.05) is 0 Å². The fraction of sp³-hybridized carbons (Fsp3) is 0.417. The molecule has 0 radical (unpaired) electrons. The van der Waals surface area contributed by atoms with E-state index in [0.717, 1.165) is 25.7 Å². The van der Waals surface area contributed by atoms with Crippen LogP contribution < -0.4 is 10.5 Å². The highest BCUT2D eigenvalue weighted by atomic mass is 35.5. The van der Waals surface area contributed by atoms with Gasteiger partial charge in [-0.3, -0.25) is 5.41 Å². The number of nitrogens with one attached hydrogen (secondary N) is 1. The summed E-state index contributed by atoms with van der Waals surface area (Å²) in [6.07, 6.45) is 4.43. The van der Waals surface area contributed by atoms with Crippen LogP contribution >= 0.6 is 12.4 Å². The summed E-state index contributed by atoms with van der Waals surface area (Å²) in [6, 6.07) is 4.40. The summed E-state index contributed by atoms with van der Waals surface area (Å²) in [7, 11) is 0. The molecule has 1 aliphatic carbocycles. The highest BCUT2D eigenvalue weighted by Crippen LogP contribution is 2.26. The van der Waals surface area contributed by atoms with Gasteiger partial charge in [-0.1, -0.05) is 0 Å². The third kappa shape index (κ3) is 3.33.